The van der Waals surface area contributed by atoms with Crippen LogP contribution in [0.1, 0.15) is 32.1 Å². The first-order chi connectivity index (χ1) is 7.47. The molecular formula is C12H26N3O+. The Kier molecular flexibility index (Phi) is 5.06. The number of hydrogen-bond acceptors (Lipinski definition) is 1. The zero-order valence-corrected chi connectivity index (χ0v) is 10.9. The fourth-order valence-corrected chi connectivity index (χ4v) is 1.99. The van der Waals surface area contributed by atoms with E-state index in [1.54, 1.807) is 0 Å². The molecule has 4 heteroatoms. The molecule has 0 aromatic rings. The second-order valence-corrected chi connectivity index (χ2v) is 5.75. The van der Waals surface area contributed by atoms with E-state index in [4.69, 9.17) is 0 Å². The Balaban J connectivity index is 2.10. The van der Waals surface area contributed by atoms with Gasteiger partial charge < -0.3 is 15.1 Å². The summed E-state index contributed by atoms with van der Waals surface area (Å²) in [6, 6.07) is 0.401. The standard InChI is InChI=1S/C12H25N3O/c1-15(2,3)10-9-13-12(16)14-11-7-5-4-6-8-11/h11H,4-10H2,1-3H3,(H-,13,14,16)/p+1. The number of rotatable bonds is 4. The number of quaternary nitrogens is 1. The SMILES string of the molecule is C[N+](C)(C)CCNC(=O)NC1CCCCC1. The average Bonchev–Trinajstić information content (AvgIpc) is 2.17. The normalized spacial score (nSPS) is 18.2. The van der Waals surface area contributed by atoms with Crippen molar-refractivity contribution < 1.29 is 9.28 Å². The summed E-state index contributed by atoms with van der Waals surface area (Å²) in [6.45, 7) is 1.69. The lowest BCUT2D eigenvalue weighted by Gasteiger charge is -2.25. The van der Waals surface area contributed by atoms with Gasteiger partial charge in [0.1, 0.15) is 0 Å². The molecule has 0 atom stereocenters. The number of likely N-dealkylation sites (N-methyl/N-ethyl adjacent to an activating group) is 1. The van der Waals surface area contributed by atoms with Crippen molar-refractivity contribution in [1.29, 1.82) is 0 Å². The van der Waals surface area contributed by atoms with Crippen molar-refractivity contribution in [2.45, 2.75) is 38.1 Å². The Morgan fingerprint density at radius 2 is 1.81 bits per heavy atom. The van der Waals surface area contributed by atoms with Crippen LogP contribution in [0, 0.1) is 0 Å². The molecule has 0 unspecified atom stereocenters. The highest BCUT2D eigenvalue weighted by molar-refractivity contribution is 5.74. The van der Waals surface area contributed by atoms with Gasteiger partial charge in [0.05, 0.1) is 34.2 Å². The number of carbonyl (C=O) groups excluding carboxylic acids is 1. The van der Waals surface area contributed by atoms with Crippen LogP contribution in [0.3, 0.4) is 0 Å². The Bertz CT molecular complexity index is 217. The Morgan fingerprint density at radius 3 is 2.38 bits per heavy atom. The molecule has 16 heavy (non-hydrogen) atoms. The number of nitrogens with zero attached hydrogens (tertiary/aromatic N) is 1. The Hall–Kier alpha value is -0.770. The van der Waals surface area contributed by atoms with Crippen molar-refractivity contribution in [3.63, 3.8) is 0 Å². The summed E-state index contributed by atoms with van der Waals surface area (Å²) < 4.78 is 0.879. The highest BCUT2D eigenvalue weighted by Crippen LogP contribution is 2.16. The van der Waals surface area contributed by atoms with Gasteiger partial charge in [-0.2, -0.15) is 0 Å². The van der Waals surface area contributed by atoms with Gasteiger partial charge in [0.15, 0.2) is 0 Å². The van der Waals surface area contributed by atoms with Crippen LogP contribution < -0.4 is 10.6 Å². The van der Waals surface area contributed by atoms with Gasteiger partial charge in [-0.25, -0.2) is 4.79 Å². The van der Waals surface area contributed by atoms with E-state index < -0.39 is 0 Å². The van der Waals surface area contributed by atoms with Gasteiger partial charge in [-0.3, -0.25) is 0 Å². The first-order valence-electron chi connectivity index (χ1n) is 6.32. The van der Waals surface area contributed by atoms with Crippen molar-refractivity contribution in [2.24, 2.45) is 0 Å². The molecule has 0 aromatic carbocycles. The third-order valence-electron chi connectivity index (χ3n) is 3.01. The number of urea groups is 1. The molecule has 2 N–H and O–H groups in total. The first kappa shape index (κ1) is 13.3. The van der Waals surface area contributed by atoms with Gasteiger partial charge in [0, 0.05) is 6.04 Å². The molecule has 0 saturated heterocycles. The number of carbonyl (C=O) groups is 1. The van der Waals surface area contributed by atoms with Gasteiger partial charge in [-0.05, 0) is 12.8 Å². The minimum atomic E-state index is 0.000324. The maximum atomic E-state index is 11.6. The lowest BCUT2D eigenvalue weighted by Crippen LogP contribution is -2.47. The van der Waals surface area contributed by atoms with Gasteiger partial charge >= 0.3 is 6.03 Å². The average molecular weight is 228 g/mol. The monoisotopic (exact) mass is 228 g/mol. The van der Waals surface area contributed by atoms with Gasteiger partial charge in [0.2, 0.25) is 0 Å². The molecule has 0 radical (unpaired) electrons. The highest BCUT2D eigenvalue weighted by Gasteiger charge is 2.15. The number of nitrogens with one attached hydrogen (secondary N) is 2. The van der Waals surface area contributed by atoms with E-state index in [9.17, 15) is 4.79 Å². The van der Waals surface area contributed by atoms with Crippen LogP contribution in [0.15, 0.2) is 0 Å². The van der Waals surface area contributed by atoms with Gasteiger partial charge in [-0.1, -0.05) is 19.3 Å². The zero-order chi connectivity index (χ0) is 12.0. The molecule has 1 saturated carbocycles. The predicted molar refractivity (Wildman–Crippen MR) is 66.3 cm³/mol. The summed E-state index contributed by atoms with van der Waals surface area (Å²) in [5.74, 6) is 0. The summed E-state index contributed by atoms with van der Waals surface area (Å²) in [5.41, 5.74) is 0. The van der Waals surface area contributed by atoms with E-state index in [1.165, 1.54) is 19.3 Å². The predicted octanol–water partition coefficient (Wildman–Crippen LogP) is 1.32. The Labute approximate surface area is 99.0 Å². The molecule has 1 aliphatic carbocycles. The van der Waals surface area contributed by atoms with E-state index in [0.717, 1.165) is 30.4 Å². The highest BCUT2D eigenvalue weighted by atomic mass is 16.2. The van der Waals surface area contributed by atoms with Crippen LogP contribution in [0.25, 0.3) is 0 Å². The van der Waals surface area contributed by atoms with E-state index in [2.05, 4.69) is 31.8 Å². The van der Waals surface area contributed by atoms with Crippen LogP contribution in [-0.4, -0.2) is 50.8 Å². The van der Waals surface area contributed by atoms with E-state index >= 15 is 0 Å². The number of hydrogen-bond donors (Lipinski definition) is 2. The summed E-state index contributed by atoms with van der Waals surface area (Å²) in [6.07, 6.45) is 6.11. The fourth-order valence-electron chi connectivity index (χ4n) is 1.99. The zero-order valence-electron chi connectivity index (χ0n) is 10.9. The van der Waals surface area contributed by atoms with E-state index in [-0.39, 0.29) is 6.03 Å². The van der Waals surface area contributed by atoms with Crippen molar-refractivity contribution >= 4 is 6.03 Å². The number of amides is 2. The maximum absolute atomic E-state index is 11.6. The summed E-state index contributed by atoms with van der Waals surface area (Å²) >= 11 is 0. The molecule has 1 rings (SSSR count). The van der Waals surface area contributed by atoms with Gasteiger partial charge in [0.25, 0.3) is 0 Å². The molecule has 1 fully saturated rings. The van der Waals surface area contributed by atoms with Crippen LogP contribution in [0.5, 0.6) is 0 Å². The lowest BCUT2D eigenvalue weighted by atomic mass is 9.96. The lowest BCUT2D eigenvalue weighted by molar-refractivity contribution is -0.869. The van der Waals surface area contributed by atoms with E-state index in [0.29, 0.717) is 6.04 Å². The summed E-state index contributed by atoms with van der Waals surface area (Å²) in [5, 5.41) is 5.97. The Morgan fingerprint density at radius 1 is 1.19 bits per heavy atom. The molecule has 1 aliphatic rings. The maximum Gasteiger partial charge on any atom is 0.315 e. The molecule has 0 bridgehead atoms. The topological polar surface area (TPSA) is 41.1 Å². The minimum absolute atomic E-state index is 0.000324. The van der Waals surface area contributed by atoms with Crippen LogP contribution in [0.4, 0.5) is 4.79 Å². The van der Waals surface area contributed by atoms with Crippen LogP contribution in [0.2, 0.25) is 0 Å². The first-order valence-corrected chi connectivity index (χ1v) is 6.32. The summed E-state index contributed by atoms with van der Waals surface area (Å²) in [7, 11) is 6.38. The third kappa shape index (κ3) is 5.95. The smallest absolute Gasteiger partial charge is 0.315 e. The second-order valence-electron chi connectivity index (χ2n) is 5.75. The molecule has 0 spiro atoms. The van der Waals surface area contributed by atoms with E-state index in [1.807, 2.05) is 0 Å². The molecule has 0 aliphatic heterocycles. The molecule has 0 heterocycles. The minimum Gasteiger partial charge on any atom is -0.335 e. The molecule has 2 amide bonds. The largest absolute Gasteiger partial charge is 0.335 e. The van der Waals surface area contributed by atoms with Crippen molar-refractivity contribution in [3.05, 3.63) is 0 Å². The third-order valence-corrected chi connectivity index (χ3v) is 3.01. The van der Waals surface area contributed by atoms with Crippen molar-refractivity contribution in [2.75, 3.05) is 34.2 Å². The quantitative estimate of drug-likeness (QED) is 0.700. The fraction of sp³-hybridized carbons (Fsp3) is 0.917. The molecular weight excluding hydrogens is 202 g/mol. The van der Waals surface area contributed by atoms with Crippen molar-refractivity contribution in [1.82, 2.24) is 10.6 Å². The second kappa shape index (κ2) is 6.09. The van der Waals surface area contributed by atoms with Crippen molar-refractivity contribution in [3.8, 4) is 0 Å². The van der Waals surface area contributed by atoms with Crippen LogP contribution in [-0.2, 0) is 0 Å². The summed E-state index contributed by atoms with van der Waals surface area (Å²) in [4.78, 5) is 11.6. The van der Waals surface area contributed by atoms with Gasteiger partial charge in [-0.15, -0.1) is 0 Å². The van der Waals surface area contributed by atoms with Crippen LogP contribution >= 0.6 is 0 Å². The molecule has 4 nitrogen and oxygen atoms in total. The molecule has 94 valence electrons. The molecule has 0 aromatic heterocycles.